The molecule has 0 aliphatic rings. The Morgan fingerprint density at radius 1 is 1.33 bits per heavy atom. The first kappa shape index (κ1) is 14.6. The predicted molar refractivity (Wildman–Crippen MR) is 73.6 cm³/mol. The number of nitro benzene ring substituents is 1. The Hall–Kier alpha value is -1.42. The predicted octanol–water partition coefficient (Wildman–Crippen LogP) is 3.79. The number of nitrogens with two attached hydrogens (primary N) is 1. The van der Waals surface area contributed by atoms with E-state index in [0.717, 1.165) is 42.4 Å². The highest BCUT2D eigenvalue weighted by molar-refractivity contribution is 5.45. The molecule has 1 atom stereocenters. The molecule has 0 saturated carbocycles. The van der Waals surface area contributed by atoms with Gasteiger partial charge in [0, 0.05) is 18.2 Å². The van der Waals surface area contributed by atoms with Crippen molar-refractivity contribution in [2.45, 2.75) is 52.5 Å². The molecule has 4 heteroatoms. The summed E-state index contributed by atoms with van der Waals surface area (Å²) in [6.07, 6.45) is 4.26. The van der Waals surface area contributed by atoms with Crippen LogP contribution < -0.4 is 5.73 Å². The second kappa shape index (κ2) is 6.50. The molecule has 1 unspecified atom stereocenters. The van der Waals surface area contributed by atoms with Gasteiger partial charge in [-0.3, -0.25) is 10.1 Å². The second-order valence-corrected chi connectivity index (χ2v) is 4.84. The van der Waals surface area contributed by atoms with Crippen LogP contribution >= 0.6 is 0 Å². The van der Waals surface area contributed by atoms with Crippen LogP contribution in [0.15, 0.2) is 12.1 Å². The molecule has 0 amide bonds. The number of non-ortho nitro benzene ring substituents is 1. The fourth-order valence-corrected chi connectivity index (χ4v) is 2.13. The number of nitrogens with zero attached hydrogens (tertiary/aromatic N) is 1. The van der Waals surface area contributed by atoms with Crippen molar-refractivity contribution >= 4 is 5.69 Å². The number of nitro groups is 1. The lowest BCUT2D eigenvalue weighted by Gasteiger charge is -2.16. The van der Waals surface area contributed by atoms with Gasteiger partial charge in [0.25, 0.3) is 5.69 Å². The Bertz CT molecular complexity index is 430. The van der Waals surface area contributed by atoms with Crippen molar-refractivity contribution in [2.75, 3.05) is 0 Å². The highest BCUT2D eigenvalue weighted by Gasteiger charge is 2.16. The zero-order chi connectivity index (χ0) is 13.7. The van der Waals surface area contributed by atoms with Crippen molar-refractivity contribution in [3.63, 3.8) is 0 Å². The fraction of sp³-hybridized carbons (Fsp3) is 0.571. The summed E-state index contributed by atoms with van der Waals surface area (Å²) in [6, 6.07) is 3.13. The van der Waals surface area contributed by atoms with Crippen molar-refractivity contribution in [1.29, 1.82) is 0 Å². The lowest BCUT2D eigenvalue weighted by atomic mass is 9.94. The lowest BCUT2D eigenvalue weighted by Crippen LogP contribution is -2.13. The third kappa shape index (κ3) is 3.53. The molecule has 2 N–H and O–H groups in total. The maximum atomic E-state index is 10.9. The molecule has 0 spiro atoms. The molecule has 0 fully saturated rings. The van der Waals surface area contributed by atoms with E-state index < -0.39 is 0 Å². The van der Waals surface area contributed by atoms with Gasteiger partial charge in [-0.05, 0) is 37.0 Å². The van der Waals surface area contributed by atoms with Gasteiger partial charge in [-0.2, -0.15) is 0 Å². The summed E-state index contributed by atoms with van der Waals surface area (Å²) in [5.74, 6) is 0. The minimum absolute atomic E-state index is 0.102. The zero-order valence-electron chi connectivity index (χ0n) is 11.4. The molecule has 0 radical (unpaired) electrons. The summed E-state index contributed by atoms with van der Waals surface area (Å²) in [5.41, 5.74) is 9.21. The Kier molecular flexibility index (Phi) is 5.28. The molecule has 0 saturated heterocycles. The average molecular weight is 250 g/mol. The first-order valence-corrected chi connectivity index (χ1v) is 6.48. The minimum atomic E-state index is -0.352. The van der Waals surface area contributed by atoms with E-state index >= 15 is 0 Å². The largest absolute Gasteiger partial charge is 0.324 e. The number of rotatable bonds is 6. The molecule has 1 aromatic rings. The summed E-state index contributed by atoms with van der Waals surface area (Å²) in [5, 5.41) is 10.9. The van der Waals surface area contributed by atoms with Crippen molar-refractivity contribution in [2.24, 2.45) is 5.73 Å². The van der Waals surface area contributed by atoms with Crippen molar-refractivity contribution in [3.8, 4) is 0 Å². The van der Waals surface area contributed by atoms with Crippen LogP contribution in [0.25, 0.3) is 0 Å². The molecule has 0 bridgehead atoms. The van der Waals surface area contributed by atoms with Crippen LogP contribution in [0.2, 0.25) is 0 Å². The van der Waals surface area contributed by atoms with Gasteiger partial charge >= 0.3 is 0 Å². The average Bonchev–Trinajstić information content (AvgIpc) is 2.32. The van der Waals surface area contributed by atoms with E-state index in [-0.39, 0.29) is 16.7 Å². The van der Waals surface area contributed by atoms with E-state index in [2.05, 4.69) is 6.92 Å². The normalized spacial score (nSPS) is 12.4. The van der Waals surface area contributed by atoms with E-state index in [1.807, 2.05) is 13.8 Å². The number of hydrogen-bond donors (Lipinski definition) is 1. The SMILES string of the molecule is CCCCCC(N)c1cc([N+](=O)[O-])cc(C)c1C. The third-order valence-electron chi connectivity index (χ3n) is 3.42. The summed E-state index contributed by atoms with van der Waals surface area (Å²) in [7, 11) is 0. The Morgan fingerprint density at radius 2 is 2.00 bits per heavy atom. The van der Waals surface area contributed by atoms with Crippen molar-refractivity contribution in [1.82, 2.24) is 0 Å². The third-order valence-corrected chi connectivity index (χ3v) is 3.42. The van der Waals surface area contributed by atoms with E-state index in [1.165, 1.54) is 0 Å². The molecule has 100 valence electrons. The molecular weight excluding hydrogens is 228 g/mol. The van der Waals surface area contributed by atoms with Gasteiger partial charge in [-0.25, -0.2) is 0 Å². The second-order valence-electron chi connectivity index (χ2n) is 4.84. The molecule has 1 aromatic carbocycles. The van der Waals surface area contributed by atoms with Crippen molar-refractivity contribution in [3.05, 3.63) is 38.9 Å². The fourth-order valence-electron chi connectivity index (χ4n) is 2.13. The molecule has 0 heterocycles. The zero-order valence-corrected chi connectivity index (χ0v) is 11.4. The van der Waals surface area contributed by atoms with Crippen LogP contribution in [0.5, 0.6) is 0 Å². The van der Waals surface area contributed by atoms with Gasteiger partial charge < -0.3 is 5.73 Å². The molecule has 18 heavy (non-hydrogen) atoms. The quantitative estimate of drug-likeness (QED) is 0.474. The summed E-state index contributed by atoms with van der Waals surface area (Å²) >= 11 is 0. The van der Waals surface area contributed by atoms with Crippen LogP contribution in [-0.2, 0) is 0 Å². The summed E-state index contributed by atoms with van der Waals surface area (Å²) < 4.78 is 0. The van der Waals surface area contributed by atoms with Gasteiger partial charge in [-0.15, -0.1) is 0 Å². The van der Waals surface area contributed by atoms with Gasteiger partial charge in [0.05, 0.1) is 4.92 Å². The molecule has 4 nitrogen and oxygen atoms in total. The molecular formula is C14H22N2O2. The molecule has 1 rings (SSSR count). The standard InChI is InChI=1S/C14H22N2O2/c1-4-5-6-7-14(15)13-9-12(16(17)18)8-10(2)11(13)3/h8-9,14H,4-7,15H2,1-3H3. The Morgan fingerprint density at radius 3 is 2.56 bits per heavy atom. The Labute approximate surface area is 108 Å². The van der Waals surface area contributed by atoms with E-state index in [1.54, 1.807) is 12.1 Å². The molecule has 0 aromatic heterocycles. The van der Waals surface area contributed by atoms with E-state index in [4.69, 9.17) is 5.73 Å². The lowest BCUT2D eigenvalue weighted by molar-refractivity contribution is -0.385. The van der Waals surface area contributed by atoms with Crippen LogP contribution in [0.3, 0.4) is 0 Å². The summed E-state index contributed by atoms with van der Waals surface area (Å²) in [4.78, 5) is 10.5. The molecule has 0 aliphatic heterocycles. The number of unbranched alkanes of at least 4 members (excludes halogenated alkanes) is 2. The monoisotopic (exact) mass is 250 g/mol. The first-order chi connectivity index (χ1) is 8.47. The number of benzene rings is 1. The number of hydrogen-bond acceptors (Lipinski definition) is 3. The van der Waals surface area contributed by atoms with Gasteiger partial charge in [0.15, 0.2) is 0 Å². The maximum Gasteiger partial charge on any atom is 0.270 e. The van der Waals surface area contributed by atoms with E-state index in [9.17, 15) is 10.1 Å². The van der Waals surface area contributed by atoms with Crippen molar-refractivity contribution < 1.29 is 4.92 Å². The van der Waals surface area contributed by atoms with Crippen LogP contribution in [0.4, 0.5) is 5.69 Å². The highest BCUT2D eigenvalue weighted by Crippen LogP contribution is 2.27. The Balaban J connectivity index is 2.95. The smallest absolute Gasteiger partial charge is 0.270 e. The van der Waals surface area contributed by atoms with Gasteiger partial charge in [0.1, 0.15) is 0 Å². The van der Waals surface area contributed by atoms with E-state index in [0.29, 0.717) is 0 Å². The van der Waals surface area contributed by atoms with Gasteiger partial charge in [-0.1, -0.05) is 26.2 Å². The van der Waals surface area contributed by atoms with Crippen LogP contribution in [0.1, 0.15) is 55.3 Å². The first-order valence-electron chi connectivity index (χ1n) is 6.48. The minimum Gasteiger partial charge on any atom is -0.324 e. The highest BCUT2D eigenvalue weighted by atomic mass is 16.6. The maximum absolute atomic E-state index is 10.9. The van der Waals surface area contributed by atoms with Crippen LogP contribution in [-0.4, -0.2) is 4.92 Å². The summed E-state index contributed by atoms with van der Waals surface area (Å²) in [6.45, 7) is 6.02. The topological polar surface area (TPSA) is 69.2 Å². The van der Waals surface area contributed by atoms with Gasteiger partial charge in [0.2, 0.25) is 0 Å². The molecule has 0 aliphatic carbocycles. The number of aryl methyl sites for hydroxylation is 1. The van der Waals surface area contributed by atoms with Crippen LogP contribution in [0, 0.1) is 24.0 Å².